The average molecular weight is 341 g/mol. The highest BCUT2D eigenvalue weighted by Crippen LogP contribution is 2.18. The molecule has 2 rings (SSSR count). The number of methoxy groups -OCH3 is 1. The maximum Gasteiger partial charge on any atom is 0.328 e. The molecule has 2 aromatic rings. The summed E-state index contributed by atoms with van der Waals surface area (Å²) in [5, 5.41) is 2.68. The molecule has 0 saturated heterocycles. The van der Waals surface area contributed by atoms with E-state index in [0.717, 1.165) is 16.7 Å². The molecule has 5 heteroatoms. The van der Waals surface area contributed by atoms with Crippen LogP contribution >= 0.6 is 0 Å². The number of hydrogen-bond donors (Lipinski definition) is 1. The fourth-order valence-corrected chi connectivity index (χ4v) is 2.53. The zero-order chi connectivity index (χ0) is 18.2. The van der Waals surface area contributed by atoms with Crippen molar-refractivity contribution in [2.24, 2.45) is 0 Å². The van der Waals surface area contributed by atoms with Gasteiger partial charge < -0.3 is 14.8 Å². The highest BCUT2D eigenvalue weighted by Gasteiger charge is 2.22. The zero-order valence-corrected chi connectivity index (χ0v) is 14.7. The van der Waals surface area contributed by atoms with Crippen LogP contribution in [0.15, 0.2) is 48.5 Å². The van der Waals surface area contributed by atoms with Gasteiger partial charge in [0.1, 0.15) is 11.8 Å². The Morgan fingerprint density at radius 2 is 1.80 bits per heavy atom. The Labute approximate surface area is 148 Å². The monoisotopic (exact) mass is 341 g/mol. The molecule has 1 unspecified atom stereocenters. The van der Waals surface area contributed by atoms with E-state index in [4.69, 9.17) is 9.47 Å². The Morgan fingerprint density at radius 1 is 1.08 bits per heavy atom. The van der Waals surface area contributed by atoms with Crippen LogP contribution < -0.4 is 10.1 Å². The smallest absolute Gasteiger partial charge is 0.328 e. The average Bonchev–Trinajstić information content (AvgIpc) is 2.60. The van der Waals surface area contributed by atoms with Gasteiger partial charge >= 0.3 is 5.97 Å². The normalized spacial score (nSPS) is 11.5. The second-order valence-electron chi connectivity index (χ2n) is 5.89. The van der Waals surface area contributed by atoms with E-state index in [1.807, 2.05) is 62.4 Å². The quantitative estimate of drug-likeness (QED) is 0.786. The molecule has 1 N–H and O–H groups in total. The van der Waals surface area contributed by atoms with Gasteiger partial charge in [0.15, 0.2) is 6.61 Å². The molecule has 25 heavy (non-hydrogen) atoms. The van der Waals surface area contributed by atoms with Gasteiger partial charge in [-0.1, -0.05) is 48.0 Å². The summed E-state index contributed by atoms with van der Waals surface area (Å²) in [6.45, 7) is 3.76. The third-order valence-corrected chi connectivity index (χ3v) is 3.79. The van der Waals surface area contributed by atoms with Gasteiger partial charge in [0.05, 0.1) is 7.11 Å². The van der Waals surface area contributed by atoms with E-state index in [9.17, 15) is 9.59 Å². The molecular weight excluding hydrogens is 318 g/mol. The second-order valence-corrected chi connectivity index (χ2v) is 5.89. The lowest BCUT2D eigenvalue weighted by Gasteiger charge is -2.17. The molecule has 0 aliphatic heterocycles. The molecule has 5 nitrogen and oxygen atoms in total. The summed E-state index contributed by atoms with van der Waals surface area (Å²) < 4.78 is 10.3. The van der Waals surface area contributed by atoms with Crippen LogP contribution in [0.1, 0.15) is 16.7 Å². The summed E-state index contributed by atoms with van der Waals surface area (Å²) in [4.78, 5) is 24.1. The molecular formula is C20H23NO4. The van der Waals surface area contributed by atoms with Crippen LogP contribution in [0, 0.1) is 13.8 Å². The molecule has 0 heterocycles. The minimum atomic E-state index is -0.748. The first-order valence-electron chi connectivity index (χ1n) is 8.10. The van der Waals surface area contributed by atoms with Gasteiger partial charge in [-0.25, -0.2) is 4.79 Å². The molecule has 0 saturated carbocycles. The predicted molar refractivity (Wildman–Crippen MR) is 95.5 cm³/mol. The number of aryl methyl sites for hydroxylation is 2. The van der Waals surface area contributed by atoms with Gasteiger partial charge in [-0.3, -0.25) is 4.79 Å². The maximum absolute atomic E-state index is 12.2. The maximum atomic E-state index is 12.2. The van der Waals surface area contributed by atoms with E-state index in [2.05, 4.69) is 5.32 Å². The van der Waals surface area contributed by atoms with Crippen LogP contribution in [0.4, 0.5) is 0 Å². The molecule has 0 aromatic heterocycles. The predicted octanol–water partition coefficient (Wildman–Crippen LogP) is 2.58. The summed E-state index contributed by atoms with van der Waals surface area (Å²) in [6, 6.07) is 14.5. The molecule has 132 valence electrons. The van der Waals surface area contributed by atoms with Crippen LogP contribution in [0.25, 0.3) is 0 Å². The Hall–Kier alpha value is -2.82. The van der Waals surface area contributed by atoms with Crippen molar-refractivity contribution in [2.45, 2.75) is 26.3 Å². The van der Waals surface area contributed by atoms with Gasteiger partial charge in [0.2, 0.25) is 0 Å². The summed E-state index contributed by atoms with van der Waals surface area (Å²) >= 11 is 0. The Kier molecular flexibility index (Phi) is 6.57. The highest BCUT2D eigenvalue weighted by atomic mass is 16.5. The van der Waals surface area contributed by atoms with Crippen molar-refractivity contribution < 1.29 is 19.1 Å². The van der Waals surface area contributed by atoms with Gasteiger partial charge in [0, 0.05) is 6.42 Å². The number of nitrogens with one attached hydrogen (secondary N) is 1. The lowest BCUT2D eigenvalue weighted by atomic mass is 10.1. The van der Waals surface area contributed by atoms with Crippen molar-refractivity contribution in [1.29, 1.82) is 0 Å². The number of carbonyl (C=O) groups is 2. The van der Waals surface area contributed by atoms with Crippen molar-refractivity contribution >= 4 is 11.9 Å². The Morgan fingerprint density at radius 3 is 2.44 bits per heavy atom. The van der Waals surface area contributed by atoms with Crippen LogP contribution in [0.2, 0.25) is 0 Å². The Balaban J connectivity index is 1.95. The van der Waals surface area contributed by atoms with Crippen LogP contribution in [0.3, 0.4) is 0 Å². The van der Waals surface area contributed by atoms with E-state index >= 15 is 0 Å². The fraction of sp³-hybridized carbons (Fsp3) is 0.300. The van der Waals surface area contributed by atoms with Crippen molar-refractivity contribution in [2.75, 3.05) is 13.7 Å². The SMILES string of the molecule is COC(=O)C(Cc1ccccc1)NC(=O)COc1ccc(C)cc1C. The topological polar surface area (TPSA) is 64.6 Å². The first-order valence-corrected chi connectivity index (χ1v) is 8.10. The van der Waals surface area contributed by atoms with Crippen molar-refractivity contribution in [3.8, 4) is 5.75 Å². The molecule has 0 aliphatic carbocycles. The highest BCUT2D eigenvalue weighted by molar-refractivity contribution is 5.85. The largest absolute Gasteiger partial charge is 0.484 e. The molecule has 0 spiro atoms. The summed E-state index contributed by atoms with van der Waals surface area (Å²) in [6.07, 6.45) is 0.364. The number of hydrogen-bond acceptors (Lipinski definition) is 4. The molecule has 1 atom stereocenters. The number of carbonyl (C=O) groups excluding carboxylic acids is 2. The number of ether oxygens (including phenoxy) is 2. The number of benzene rings is 2. The summed E-state index contributed by atoms with van der Waals surface area (Å²) in [5.74, 6) is -0.201. The minimum absolute atomic E-state index is 0.161. The molecule has 0 radical (unpaired) electrons. The minimum Gasteiger partial charge on any atom is -0.484 e. The molecule has 1 amide bonds. The molecule has 2 aromatic carbocycles. The third-order valence-electron chi connectivity index (χ3n) is 3.79. The number of amides is 1. The van der Waals surface area contributed by atoms with Gasteiger partial charge in [-0.15, -0.1) is 0 Å². The number of rotatable bonds is 7. The first kappa shape index (κ1) is 18.5. The van der Waals surface area contributed by atoms with Crippen molar-refractivity contribution in [3.63, 3.8) is 0 Å². The lowest BCUT2D eigenvalue weighted by molar-refractivity contribution is -0.145. The van der Waals surface area contributed by atoms with E-state index < -0.39 is 12.0 Å². The van der Waals surface area contributed by atoms with Crippen molar-refractivity contribution in [3.05, 3.63) is 65.2 Å². The van der Waals surface area contributed by atoms with Crippen molar-refractivity contribution in [1.82, 2.24) is 5.32 Å². The third kappa shape index (κ3) is 5.64. The van der Waals surface area contributed by atoms with E-state index in [1.165, 1.54) is 7.11 Å². The van der Waals surface area contributed by atoms with Crippen LogP contribution in [-0.2, 0) is 20.7 Å². The van der Waals surface area contributed by atoms with Gasteiger partial charge in [-0.2, -0.15) is 0 Å². The van der Waals surface area contributed by atoms with E-state index in [-0.39, 0.29) is 12.5 Å². The van der Waals surface area contributed by atoms with E-state index in [1.54, 1.807) is 0 Å². The standard InChI is InChI=1S/C20H23NO4/c1-14-9-10-18(15(2)11-14)25-13-19(22)21-17(20(23)24-3)12-16-7-5-4-6-8-16/h4-11,17H,12-13H2,1-3H3,(H,21,22). The summed E-state index contributed by atoms with van der Waals surface area (Å²) in [7, 11) is 1.30. The first-order chi connectivity index (χ1) is 12.0. The Bertz CT molecular complexity index is 728. The van der Waals surface area contributed by atoms with Crippen LogP contribution in [0.5, 0.6) is 5.75 Å². The number of esters is 1. The fourth-order valence-electron chi connectivity index (χ4n) is 2.53. The molecule has 0 bridgehead atoms. The van der Waals surface area contributed by atoms with Gasteiger partial charge in [0.25, 0.3) is 5.91 Å². The summed E-state index contributed by atoms with van der Waals surface area (Å²) in [5.41, 5.74) is 3.03. The van der Waals surface area contributed by atoms with Crippen LogP contribution in [-0.4, -0.2) is 31.6 Å². The van der Waals surface area contributed by atoms with Gasteiger partial charge in [-0.05, 0) is 31.0 Å². The second kappa shape index (κ2) is 8.87. The zero-order valence-electron chi connectivity index (χ0n) is 14.7. The lowest BCUT2D eigenvalue weighted by Crippen LogP contribution is -2.44. The molecule has 0 aliphatic rings. The molecule has 0 fully saturated rings. The van der Waals surface area contributed by atoms with E-state index in [0.29, 0.717) is 12.2 Å².